The number of anilines is 2. The van der Waals surface area contributed by atoms with Gasteiger partial charge < -0.3 is 5.32 Å². The van der Waals surface area contributed by atoms with Crippen LogP contribution in [-0.2, 0) is 9.84 Å². The fraction of sp³-hybridized carbons (Fsp3) is 0.385. The van der Waals surface area contributed by atoms with E-state index in [0.717, 1.165) is 10.0 Å². The van der Waals surface area contributed by atoms with Crippen LogP contribution in [-0.4, -0.2) is 36.4 Å². The summed E-state index contributed by atoms with van der Waals surface area (Å²) < 4.78 is 22.9. The first-order valence-electron chi connectivity index (χ1n) is 6.32. The van der Waals surface area contributed by atoms with E-state index in [1.165, 1.54) is 40.5 Å². The first kappa shape index (κ1) is 16.3. The zero-order valence-electron chi connectivity index (χ0n) is 12.1. The average molecular weight is 343 g/mol. The molecule has 0 amide bonds. The molecule has 0 radical (unpaired) electrons. The van der Waals surface area contributed by atoms with Crippen LogP contribution in [0.4, 0.5) is 10.8 Å². The van der Waals surface area contributed by atoms with Crippen LogP contribution < -0.4 is 5.32 Å². The van der Waals surface area contributed by atoms with Gasteiger partial charge in [0.1, 0.15) is 9.84 Å². The lowest BCUT2D eigenvalue weighted by atomic mass is 10.1. The van der Waals surface area contributed by atoms with Gasteiger partial charge >= 0.3 is 0 Å². The molecule has 2 rings (SSSR count). The molecule has 0 aliphatic carbocycles. The van der Waals surface area contributed by atoms with Crippen LogP contribution in [0.25, 0.3) is 0 Å². The number of aryl methyl sites for hydroxylation is 2. The zero-order valence-corrected chi connectivity index (χ0v) is 14.5. The molecular weight excluding hydrogens is 326 g/mol. The second-order valence-electron chi connectivity index (χ2n) is 4.78. The molecule has 1 aromatic heterocycles. The fourth-order valence-electron chi connectivity index (χ4n) is 1.54. The molecule has 2 aromatic rings. The zero-order chi connectivity index (χ0) is 15.5. The van der Waals surface area contributed by atoms with Crippen molar-refractivity contribution in [3.63, 3.8) is 0 Å². The van der Waals surface area contributed by atoms with Crippen LogP contribution in [0.1, 0.15) is 11.1 Å². The topological polar surface area (TPSA) is 72.0 Å². The van der Waals surface area contributed by atoms with E-state index < -0.39 is 9.84 Å². The molecule has 1 heterocycles. The summed E-state index contributed by atoms with van der Waals surface area (Å²) in [5.41, 5.74) is 3.43. The molecule has 21 heavy (non-hydrogen) atoms. The maximum absolute atomic E-state index is 11.1. The summed E-state index contributed by atoms with van der Waals surface area (Å²) in [5, 5.41) is 12.0. The number of hydrogen-bond acceptors (Lipinski definition) is 7. The van der Waals surface area contributed by atoms with Crippen LogP contribution in [0, 0.1) is 13.8 Å². The van der Waals surface area contributed by atoms with Crippen molar-refractivity contribution < 1.29 is 8.42 Å². The van der Waals surface area contributed by atoms with Crippen LogP contribution in [0.5, 0.6) is 0 Å². The lowest BCUT2D eigenvalue weighted by molar-refractivity contribution is 0.603. The number of sulfone groups is 1. The Morgan fingerprint density at radius 1 is 1.24 bits per heavy atom. The van der Waals surface area contributed by atoms with Crippen LogP contribution in [0.2, 0.25) is 0 Å². The van der Waals surface area contributed by atoms with Gasteiger partial charge in [-0.2, -0.15) is 0 Å². The van der Waals surface area contributed by atoms with Crippen molar-refractivity contribution in [2.24, 2.45) is 0 Å². The van der Waals surface area contributed by atoms with Crippen LogP contribution in [0.3, 0.4) is 0 Å². The molecule has 0 fully saturated rings. The molecule has 5 nitrogen and oxygen atoms in total. The second kappa shape index (κ2) is 6.76. The third-order valence-electron chi connectivity index (χ3n) is 2.84. The maximum Gasteiger partial charge on any atom is 0.210 e. The van der Waals surface area contributed by atoms with Gasteiger partial charge in [-0.25, -0.2) is 8.42 Å². The van der Waals surface area contributed by atoms with Crippen molar-refractivity contribution in [1.82, 2.24) is 10.2 Å². The van der Waals surface area contributed by atoms with E-state index in [1.807, 2.05) is 6.07 Å². The fourth-order valence-corrected chi connectivity index (χ4v) is 4.58. The van der Waals surface area contributed by atoms with E-state index in [2.05, 4.69) is 41.5 Å². The predicted octanol–water partition coefficient (Wildman–Crippen LogP) is 3.04. The Balaban J connectivity index is 1.95. The number of benzene rings is 1. The number of nitrogens with one attached hydrogen (secondary N) is 1. The molecule has 0 saturated heterocycles. The molecule has 1 N–H and O–H groups in total. The Morgan fingerprint density at radius 2 is 2.00 bits per heavy atom. The molecule has 0 unspecified atom stereocenters. The molecule has 1 aromatic carbocycles. The van der Waals surface area contributed by atoms with Crippen molar-refractivity contribution in [3.8, 4) is 0 Å². The largest absolute Gasteiger partial charge is 0.330 e. The van der Waals surface area contributed by atoms with Gasteiger partial charge in [-0.1, -0.05) is 29.2 Å². The van der Waals surface area contributed by atoms with Crippen molar-refractivity contribution in [3.05, 3.63) is 29.3 Å². The van der Waals surface area contributed by atoms with Gasteiger partial charge in [-0.05, 0) is 37.1 Å². The molecule has 0 aliphatic heterocycles. The molecule has 0 bridgehead atoms. The molecule has 0 spiro atoms. The lowest BCUT2D eigenvalue weighted by Gasteiger charge is -2.05. The van der Waals surface area contributed by atoms with Gasteiger partial charge in [0.2, 0.25) is 5.13 Å². The molecule has 0 saturated carbocycles. The van der Waals surface area contributed by atoms with Crippen LogP contribution >= 0.6 is 23.1 Å². The Hall–Kier alpha value is -1.12. The Kier molecular flexibility index (Phi) is 5.23. The summed E-state index contributed by atoms with van der Waals surface area (Å²) in [5.74, 6) is 0.647. The number of hydrogen-bond donors (Lipinski definition) is 1. The van der Waals surface area contributed by atoms with Gasteiger partial charge in [0, 0.05) is 17.7 Å². The summed E-state index contributed by atoms with van der Waals surface area (Å²) in [4.78, 5) is 0. The predicted molar refractivity (Wildman–Crippen MR) is 89.5 cm³/mol. The number of nitrogens with zero attached hydrogens (tertiary/aromatic N) is 2. The minimum absolute atomic E-state index is 0.150. The monoisotopic (exact) mass is 343 g/mol. The summed E-state index contributed by atoms with van der Waals surface area (Å²) >= 11 is 2.83. The number of aromatic nitrogens is 2. The normalized spacial score (nSPS) is 11.6. The molecule has 0 aliphatic rings. The quantitative estimate of drug-likeness (QED) is 0.813. The highest BCUT2D eigenvalue weighted by molar-refractivity contribution is 8.02. The minimum Gasteiger partial charge on any atom is -0.330 e. The van der Waals surface area contributed by atoms with Crippen molar-refractivity contribution in [2.75, 3.05) is 23.1 Å². The van der Waals surface area contributed by atoms with E-state index in [-0.39, 0.29) is 5.75 Å². The van der Waals surface area contributed by atoms with Gasteiger partial charge in [0.25, 0.3) is 0 Å². The second-order valence-corrected chi connectivity index (χ2v) is 9.35. The highest BCUT2D eigenvalue weighted by Crippen LogP contribution is 2.28. The summed E-state index contributed by atoms with van der Waals surface area (Å²) in [6.07, 6.45) is 1.24. The summed E-state index contributed by atoms with van der Waals surface area (Å²) in [6.45, 7) is 4.13. The standard InChI is InChI=1S/C13H17N3O2S3/c1-9-4-5-11(8-10(9)2)14-12-15-16-13(20-12)19-6-7-21(3,17)18/h4-5,8H,6-7H2,1-3H3,(H,14,15). The average Bonchev–Trinajstić information content (AvgIpc) is 2.80. The Labute approximate surface area is 133 Å². The minimum atomic E-state index is -2.92. The number of thioether (sulfide) groups is 1. The van der Waals surface area contributed by atoms with Gasteiger partial charge in [0.05, 0.1) is 5.75 Å². The summed E-state index contributed by atoms with van der Waals surface area (Å²) in [6, 6.07) is 6.12. The van der Waals surface area contributed by atoms with Gasteiger partial charge in [-0.15, -0.1) is 10.2 Å². The smallest absolute Gasteiger partial charge is 0.210 e. The first-order valence-corrected chi connectivity index (χ1v) is 10.2. The maximum atomic E-state index is 11.1. The van der Waals surface area contributed by atoms with Crippen molar-refractivity contribution in [1.29, 1.82) is 0 Å². The van der Waals surface area contributed by atoms with E-state index >= 15 is 0 Å². The number of rotatable bonds is 6. The van der Waals surface area contributed by atoms with Crippen molar-refractivity contribution >= 4 is 43.8 Å². The molecule has 114 valence electrons. The third kappa shape index (κ3) is 5.29. The first-order chi connectivity index (χ1) is 9.83. The third-order valence-corrected chi connectivity index (χ3v) is 6.02. The lowest BCUT2D eigenvalue weighted by Crippen LogP contribution is -2.04. The van der Waals surface area contributed by atoms with E-state index in [0.29, 0.717) is 10.9 Å². The van der Waals surface area contributed by atoms with Gasteiger partial charge in [0.15, 0.2) is 4.34 Å². The molecule has 8 heteroatoms. The van der Waals surface area contributed by atoms with E-state index in [1.54, 1.807) is 0 Å². The van der Waals surface area contributed by atoms with E-state index in [4.69, 9.17) is 0 Å². The Morgan fingerprint density at radius 3 is 2.67 bits per heavy atom. The molecule has 0 atom stereocenters. The summed E-state index contributed by atoms with van der Waals surface area (Å²) in [7, 11) is -2.92. The van der Waals surface area contributed by atoms with Crippen molar-refractivity contribution in [2.45, 2.75) is 18.2 Å². The highest BCUT2D eigenvalue weighted by atomic mass is 32.2. The SMILES string of the molecule is Cc1ccc(Nc2nnc(SCCS(C)(=O)=O)s2)cc1C. The van der Waals surface area contributed by atoms with E-state index in [9.17, 15) is 8.42 Å². The Bertz CT molecular complexity index is 726. The highest BCUT2D eigenvalue weighted by Gasteiger charge is 2.08. The van der Waals surface area contributed by atoms with Gasteiger partial charge in [-0.3, -0.25) is 0 Å². The van der Waals surface area contributed by atoms with Crippen LogP contribution in [0.15, 0.2) is 22.5 Å². The molecular formula is C13H17N3O2S3.